The predicted molar refractivity (Wildman–Crippen MR) is 92.7 cm³/mol. The average Bonchev–Trinajstić information content (AvgIpc) is 3.27. The van der Waals surface area contributed by atoms with Gasteiger partial charge in [0.2, 0.25) is 0 Å². The third kappa shape index (κ3) is 3.20. The molecule has 2 N–H and O–H groups in total. The number of urea groups is 1. The van der Waals surface area contributed by atoms with Crippen molar-refractivity contribution in [1.29, 1.82) is 0 Å². The second-order valence-corrected chi connectivity index (χ2v) is 6.16. The summed E-state index contributed by atoms with van der Waals surface area (Å²) in [7, 11) is 0. The Bertz CT molecular complexity index is 890. The lowest BCUT2D eigenvalue weighted by Gasteiger charge is -2.23. The van der Waals surface area contributed by atoms with Gasteiger partial charge in [0.25, 0.3) is 0 Å². The van der Waals surface area contributed by atoms with Crippen molar-refractivity contribution >= 4 is 23.3 Å². The summed E-state index contributed by atoms with van der Waals surface area (Å²) in [5.74, 6) is 0.786. The van der Waals surface area contributed by atoms with E-state index >= 15 is 0 Å². The van der Waals surface area contributed by atoms with E-state index in [2.05, 4.69) is 25.8 Å². The zero-order chi connectivity index (χ0) is 17.2. The third-order valence-electron chi connectivity index (χ3n) is 4.08. The van der Waals surface area contributed by atoms with Crippen molar-refractivity contribution in [3.05, 3.63) is 53.8 Å². The van der Waals surface area contributed by atoms with E-state index < -0.39 is 0 Å². The van der Waals surface area contributed by atoms with Gasteiger partial charge in [0, 0.05) is 24.6 Å². The van der Waals surface area contributed by atoms with Crippen molar-refractivity contribution in [1.82, 2.24) is 29.9 Å². The summed E-state index contributed by atoms with van der Waals surface area (Å²) in [5.41, 5.74) is 1.36. The van der Waals surface area contributed by atoms with E-state index in [4.69, 9.17) is 11.6 Å². The minimum atomic E-state index is -0.302. The standard InChI is InChI=1S/C16H16ClN7O/c17-12-9-11(4-5-14(12)23-8-2-6-19-23)21-16(25)22-13-3-1-7-24-15(13)18-10-20-24/h2,4-6,8-10,13H,1,3,7H2,(H2,21,22,25)/t13-/m0/s1. The van der Waals surface area contributed by atoms with Crippen molar-refractivity contribution < 1.29 is 4.79 Å². The number of hydrogen-bond donors (Lipinski definition) is 2. The average molecular weight is 358 g/mol. The first-order valence-corrected chi connectivity index (χ1v) is 8.33. The fourth-order valence-electron chi connectivity index (χ4n) is 2.93. The van der Waals surface area contributed by atoms with Crippen LogP contribution in [0.4, 0.5) is 10.5 Å². The maximum Gasteiger partial charge on any atom is 0.319 e. The number of fused-ring (bicyclic) bond motifs is 1. The van der Waals surface area contributed by atoms with Gasteiger partial charge in [0.1, 0.15) is 12.2 Å². The molecule has 0 aliphatic carbocycles. The summed E-state index contributed by atoms with van der Waals surface area (Å²) in [6.07, 6.45) is 6.79. The Labute approximate surface area is 148 Å². The van der Waals surface area contributed by atoms with Crippen LogP contribution in [0.3, 0.4) is 0 Å². The SMILES string of the molecule is O=C(Nc1ccc(-n2cccn2)c(Cl)c1)N[C@H]1CCCn2ncnc21. The largest absolute Gasteiger partial charge is 0.328 e. The molecular weight excluding hydrogens is 342 g/mol. The minimum Gasteiger partial charge on any atom is -0.328 e. The van der Waals surface area contributed by atoms with E-state index in [-0.39, 0.29) is 12.1 Å². The lowest BCUT2D eigenvalue weighted by Crippen LogP contribution is -2.36. The van der Waals surface area contributed by atoms with Crippen molar-refractivity contribution in [2.45, 2.75) is 25.4 Å². The molecule has 3 aromatic rings. The molecule has 0 saturated carbocycles. The Morgan fingerprint density at radius 3 is 3.04 bits per heavy atom. The smallest absolute Gasteiger partial charge is 0.319 e. The monoisotopic (exact) mass is 357 g/mol. The molecule has 3 heterocycles. The molecule has 0 spiro atoms. The Morgan fingerprint density at radius 2 is 2.24 bits per heavy atom. The number of benzene rings is 1. The van der Waals surface area contributed by atoms with E-state index in [0.717, 1.165) is 30.9 Å². The molecule has 9 heteroatoms. The molecule has 0 bridgehead atoms. The van der Waals surface area contributed by atoms with E-state index in [0.29, 0.717) is 10.7 Å². The maximum absolute atomic E-state index is 12.3. The molecule has 1 atom stereocenters. The summed E-state index contributed by atoms with van der Waals surface area (Å²) in [4.78, 5) is 16.5. The van der Waals surface area contributed by atoms with E-state index in [1.54, 1.807) is 29.2 Å². The molecule has 2 aromatic heterocycles. The van der Waals surface area contributed by atoms with E-state index in [1.807, 2.05) is 16.8 Å². The van der Waals surface area contributed by atoms with Crippen LogP contribution in [0.1, 0.15) is 24.7 Å². The number of nitrogens with one attached hydrogen (secondary N) is 2. The lowest BCUT2D eigenvalue weighted by molar-refractivity contribution is 0.244. The molecule has 1 aliphatic heterocycles. The molecule has 8 nitrogen and oxygen atoms in total. The van der Waals surface area contributed by atoms with Crippen LogP contribution in [0.5, 0.6) is 0 Å². The quantitative estimate of drug-likeness (QED) is 0.754. The number of halogens is 1. The second-order valence-electron chi connectivity index (χ2n) is 5.75. The highest BCUT2D eigenvalue weighted by Crippen LogP contribution is 2.25. The minimum absolute atomic E-state index is 0.143. The van der Waals surface area contributed by atoms with Crippen LogP contribution in [0.15, 0.2) is 43.0 Å². The summed E-state index contributed by atoms with van der Waals surface area (Å²) in [6, 6.07) is 6.66. The maximum atomic E-state index is 12.3. The van der Waals surface area contributed by atoms with Crippen molar-refractivity contribution in [3.8, 4) is 5.69 Å². The number of aromatic nitrogens is 5. The van der Waals surface area contributed by atoms with Crippen molar-refractivity contribution in [2.24, 2.45) is 0 Å². The predicted octanol–water partition coefficient (Wildman–Crippen LogP) is 2.77. The van der Waals surface area contributed by atoms with Gasteiger partial charge in [-0.15, -0.1) is 0 Å². The molecule has 0 unspecified atom stereocenters. The van der Waals surface area contributed by atoms with E-state index in [1.165, 1.54) is 6.33 Å². The number of amides is 2. The van der Waals surface area contributed by atoms with Gasteiger partial charge in [0.05, 0.1) is 16.8 Å². The molecule has 1 aliphatic rings. The Hall–Kier alpha value is -2.87. The molecule has 25 heavy (non-hydrogen) atoms. The molecule has 128 valence electrons. The molecule has 1 aromatic carbocycles. The molecule has 4 rings (SSSR count). The highest BCUT2D eigenvalue weighted by Gasteiger charge is 2.23. The zero-order valence-corrected chi connectivity index (χ0v) is 14.0. The first-order valence-electron chi connectivity index (χ1n) is 7.95. The van der Waals surface area contributed by atoms with Gasteiger partial charge in [-0.25, -0.2) is 19.1 Å². The number of anilines is 1. The van der Waals surface area contributed by atoms with Crippen LogP contribution in [0, 0.1) is 0 Å². The van der Waals surface area contributed by atoms with Gasteiger partial charge >= 0.3 is 6.03 Å². The third-order valence-corrected chi connectivity index (χ3v) is 4.38. The Balaban J connectivity index is 1.44. The number of aryl methyl sites for hydroxylation is 1. The van der Waals surface area contributed by atoms with Crippen LogP contribution < -0.4 is 10.6 Å². The Morgan fingerprint density at radius 1 is 1.32 bits per heavy atom. The second kappa shape index (κ2) is 6.56. The van der Waals surface area contributed by atoms with Crippen LogP contribution in [0.2, 0.25) is 5.02 Å². The van der Waals surface area contributed by atoms with Crippen molar-refractivity contribution in [3.63, 3.8) is 0 Å². The van der Waals surface area contributed by atoms with Gasteiger partial charge in [-0.2, -0.15) is 10.2 Å². The highest BCUT2D eigenvalue weighted by molar-refractivity contribution is 6.32. The van der Waals surface area contributed by atoms with Crippen molar-refractivity contribution in [2.75, 3.05) is 5.32 Å². The summed E-state index contributed by atoms with van der Waals surface area (Å²) < 4.78 is 3.49. The molecule has 0 saturated heterocycles. The summed E-state index contributed by atoms with van der Waals surface area (Å²) >= 11 is 6.29. The molecule has 0 fully saturated rings. The highest BCUT2D eigenvalue weighted by atomic mass is 35.5. The topological polar surface area (TPSA) is 89.7 Å². The number of carbonyl (C=O) groups is 1. The van der Waals surface area contributed by atoms with E-state index in [9.17, 15) is 4.79 Å². The number of nitrogens with zero attached hydrogens (tertiary/aromatic N) is 5. The van der Waals surface area contributed by atoms with Crippen LogP contribution in [-0.2, 0) is 6.54 Å². The number of rotatable bonds is 3. The van der Waals surface area contributed by atoms with Crippen LogP contribution >= 0.6 is 11.6 Å². The van der Waals surface area contributed by atoms with Crippen LogP contribution in [0.25, 0.3) is 5.69 Å². The fourth-order valence-corrected chi connectivity index (χ4v) is 3.20. The molecule has 0 radical (unpaired) electrons. The number of hydrogen-bond acceptors (Lipinski definition) is 4. The summed E-state index contributed by atoms with van der Waals surface area (Å²) in [6.45, 7) is 0.833. The number of carbonyl (C=O) groups excluding carboxylic acids is 1. The normalized spacial score (nSPS) is 16.3. The Kier molecular flexibility index (Phi) is 4.10. The van der Waals surface area contributed by atoms with Gasteiger partial charge in [-0.1, -0.05) is 11.6 Å². The summed E-state index contributed by atoms with van der Waals surface area (Å²) in [5, 5.41) is 14.5. The first kappa shape index (κ1) is 15.6. The van der Waals surface area contributed by atoms with Gasteiger partial charge in [-0.05, 0) is 37.1 Å². The molecule has 2 amide bonds. The van der Waals surface area contributed by atoms with Gasteiger partial charge < -0.3 is 10.6 Å². The van der Waals surface area contributed by atoms with Gasteiger partial charge in [0.15, 0.2) is 0 Å². The fraction of sp³-hybridized carbons (Fsp3) is 0.250. The lowest BCUT2D eigenvalue weighted by atomic mass is 10.1. The van der Waals surface area contributed by atoms with Gasteiger partial charge in [-0.3, -0.25) is 0 Å². The van der Waals surface area contributed by atoms with Crippen LogP contribution in [-0.4, -0.2) is 30.6 Å². The first-order chi connectivity index (χ1) is 12.2. The zero-order valence-electron chi connectivity index (χ0n) is 13.3. The molecular formula is C16H16ClN7O.